The maximum Gasteiger partial charge on any atom is 0.222 e. The lowest BCUT2D eigenvalue weighted by Crippen LogP contribution is -2.40. The number of piperidine rings is 1. The molecule has 1 aliphatic heterocycles. The van der Waals surface area contributed by atoms with Gasteiger partial charge in [-0.1, -0.05) is 0 Å². The molecule has 2 atom stereocenters. The molecule has 1 fully saturated rings. The van der Waals surface area contributed by atoms with Crippen molar-refractivity contribution in [1.82, 2.24) is 10.2 Å². The summed E-state index contributed by atoms with van der Waals surface area (Å²) in [6, 6.07) is -0.0750. The van der Waals surface area contributed by atoms with Crippen LogP contribution in [-0.4, -0.2) is 48.7 Å². The van der Waals surface area contributed by atoms with Crippen LogP contribution in [0.25, 0.3) is 0 Å². The van der Waals surface area contributed by atoms with Crippen LogP contribution in [-0.2, 0) is 4.79 Å². The summed E-state index contributed by atoms with van der Waals surface area (Å²) in [4.78, 5) is 13.4. The second-order valence-electron chi connectivity index (χ2n) is 4.45. The number of nitrogens with zero attached hydrogens (tertiary/aromatic N) is 1. The number of rotatable bonds is 4. The number of hydrogen-bond donors (Lipinski definition) is 2. The van der Waals surface area contributed by atoms with Gasteiger partial charge in [-0.2, -0.15) is 0 Å². The molecule has 1 saturated heterocycles. The molecular weight excluding hydrogens is 192 g/mol. The highest BCUT2D eigenvalue weighted by Crippen LogP contribution is 2.15. The lowest BCUT2D eigenvalue weighted by molar-refractivity contribution is -0.133. The molecule has 1 aliphatic rings. The molecule has 0 radical (unpaired) electrons. The first-order chi connectivity index (χ1) is 7.15. The van der Waals surface area contributed by atoms with Crippen molar-refractivity contribution in [2.45, 2.75) is 32.2 Å². The Balaban J connectivity index is 2.33. The van der Waals surface area contributed by atoms with Crippen molar-refractivity contribution in [3.05, 3.63) is 0 Å². The average Bonchev–Trinajstić information content (AvgIpc) is 2.28. The van der Waals surface area contributed by atoms with Crippen molar-refractivity contribution in [2.24, 2.45) is 5.92 Å². The van der Waals surface area contributed by atoms with Crippen LogP contribution in [0.3, 0.4) is 0 Å². The minimum Gasteiger partial charge on any atom is -0.394 e. The van der Waals surface area contributed by atoms with E-state index >= 15 is 0 Å². The Kier molecular flexibility index (Phi) is 5.05. The van der Waals surface area contributed by atoms with E-state index in [0.29, 0.717) is 12.3 Å². The first-order valence-electron chi connectivity index (χ1n) is 5.72. The van der Waals surface area contributed by atoms with Gasteiger partial charge in [0.05, 0.1) is 12.6 Å². The van der Waals surface area contributed by atoms with Gasteiger partial charge in [0.15, 0.2) is 0 Å². The molecule has 88 valence electrons. The van der Waals surface area contributed by atoms with Crippen molar-refractivity contribution in [1.29, 1.82) is 0 Å². The van der Waals surface area contributed by atoms with Crippen LogP contribution in [0, 0.1) is 5.92 Å². The Morgan fingerprint density at radius 3 is 2.93 bits per heavy atom. The summed E-state index contributed by atoms with van der Waals surface area (Å²) in [5.41, 5.74) is 0. The van der Waals surface area contributed by atoms with Crippen LogP contribution in [0.4, 0.5) is 0 Å². The largest absolute Gasteiger partial charge is 0.394 e. The fourth-order valence-corrected chi connectivity index (χ4v) is 1.86. The summed E-state index contributed by atoms with van der Waals surface area (Å²) in [5, 5.41) is 12.3. The zero-order valence-electron chi connectivity index (χ0n) is 9.70. The first-order valence-corrected chi connectivity index (χ1v) is 5.72. The molecule has 4 nitrogen and oxygen atoms in total. The van der Waals surface area contributed by atoms with Gasteiger partial charge in [0.2, 0.25) is 5.91 Å². The number of carbonyl (C=O) groups is 1. The number of amides is 1. The third-order valence-electron chi connectivity index (χ3n) is 3.18. The molecule has 1 amide bonds. The number of carbonyl (C=O) groups excluding carboxylic acids is 1. The summed E-state index contributed by atoms with van der Waals surface area (Å²) < 4.78 is 0. The third-order valence-corrected chi connectivity index (χ3v) is 3.18. The first kappa shape index (κ1) is 12.5. The predicted molar refractivity (Wildman–Crippen MR) is 59.5 cm³/mol. The number of likely N-dealkylation sites (N-methyl/N-ethyl adjacent to an activating group) is 1. The van der Waals surface area contributed by atoms with Gasteiger partial charge in [0.25, 0.3) is 0 Å². The highest BCUT2D eigenvalue weighted by atomic mass is 16.3. The van der Waals surface area contributed by atoms with E-state index in [1.165, 1.54) is 0 Å². The molecule has 2 unspecified atom stereocenters. The molecule has 1 rings (SSSR count). The Hall–Kier alpha value is -0.610. The summed E-state index contributed by atoms with van der Waals surface area (Å²) in [6.07, 6.45) is 2.91. The zero-order valence-corrected chi connectivity index (χ0v) is 9.70. The van der Waals surface area contributed by atoms with Gasteiger partial charge < -0.3 is 15.3 Å². The van der Waals surface area contributed by atoms with Gasteiger partial charge in [-0.15, -0.1) is 0 Å². The van der Waals surface area contributed by atoms with Crippen LogP contribution in [0.5, 0.6) is 0 Å². The highest BCUT2D eigenvalue weighted by molar-refractivity contribution is 5.76. The summed E-state index contributed by atoms with van der Waals surface area (Å²) in [5.74, 6) is 0.616. The van der Waals surface area contributed by atoms with E-state index in [2.05, 4.69) is 5.32 Å². The van der Waals surface area contributed by atoms with Crippen LogP contribution in [0.15, 0.2) is 0 Å². The molecule has 15 heavy (non-hydrogen) atoms. The van der Waals surface area contributed by atoms with Gasteiger partial charge in [-0.05, 0) is 38.8 Å². The second kappa shape index (κ2) is 6.08. The van der Waals surface area contributed by atoms with Crippen molar-refractivity contribution in [3.8, 4) is 0 Å². The van der Waals surface area contributed by atoms with E-state index in [1.54, 1.807) is 11.9 Å². The molecule has 0 aromatic carbocycles. The Morgan fingerprint density at radius 1 is 1.67 bits per heavy atom. The number of aliphatic hydroxyl groups is 1. The van der Waals surface area contributed by atoms with Crippen molar-refractivity contribution < 1.29 is 9.90 Å². The van der Waals surface area contributed by atoms with E-state index in [4.69, 9.17) is 5.11 Å². The van der Waals surface area contributed by atoms with Gasteiger partial charge in [0, 0.05) is 13.5 Å². The number of hydrogen-bond acceptors (Lipinski definition) is 3. The van der Waals surface area contributed by atoms with Crippen LogP contribution < -0.4 is 5.32 Å². The Labute approximate surface area is 91.6 Å². The molecule has 1 heterocycles. The second-order valence-corrected chi connectivity index (χ2v) is 4.45. The molecule has 0 aromatic rings. The normalized spacial score (nSPS) is 23.5. The maximum atomic E-state index is 11.8. The minimum atomic E-state index is -0.0750. The monoisotopic (exact) mass is 214 g/mol. The summed E-state index contributed by atoms with van der Waals surface area (Å²) in [6.45, 7) is 3.92. The zero-order chi connectivity index (χ0) is 11.3. The lowest BCUT2D eigenvalue weighted by Gasteiger charge is -2.27. The van der Waals surface area contributed by atoms with Crippen molar-refractivity contribution in [3.63, 3.8) is 0 Å². The van der Waals surface area contributed by atoms with Gasteiger partial charge in [-0.25, -0.2) is 0 Å². The molecule has 4 heteroatoms. The molecule has 0 bridgehead atoms. The topological polar surface area (TPSA) is 52.6 Å². The van der Waals surface area contributed by atoms with E-state index in [0.717, 1.165) is 25.9 Å². The van der Waals surface area contributed by atoms with Gasteiger partial charge in [-0.3, -0.25) is 4.79 Å². The Bertz CT molecular complexity index is 203. The summed E-state index contributed by atoms with van der Waals surface area (Å²) in [7, 11) is 1.76. The maximum absolute atomic E-state index is 11.8. The quantitative estimate of drug-likeness (QED) is 0.703. The van der Waals surface area contributed by atoms with E-state index in [9.17, 15) is 4.79 Å². The molecule has 0 spiro atoms. The summed E-state index contributed by atoms with van der Waals surface area (Å²) >= 11 is 0. The van der Waals surface area contributed by atoms with Crippen LogP contribution in [0.2, 0.25) is 0 Å². The SMILES string of the molecule is CC(CO)N(C)C(=O)CC1CCCNC1. The van der Waals surface area contributed by atoms with E-state index in [-0.39, 0.29) is 18.6 Å². The molecule has 0 aromatic heterocycles. The van der Waals surface area contributed by atoms with Crippen molar-refractivity contribution in [2.75, 3.05) is 26.7 Å². The minimum absolute atomic E-state index is 0.0329. The molecule has 2 N–H and O–H groups in total. The highest BCUT2D eigenvalue weighted by Gasteiger charge is 2.21. The van der Waals surface area contributed by atoms with Gasteiger partial charge in [0.1, 0.15) is 0 Å². The molecule has 0 saturated carbocycles. The fraction of sp³-hybridized carbons (Fsp3) is 0.909. The smallest absolute Gasteiger partial charge is 0.222 e. The average molecular weight is 214 g/mol. The molecule has 0 aliphatic carbocycles. The van der Waals surface area contributed by atoms with E-state index < -0.39 is 0 Å². The fourth-order valence-electron chi connectivity index (χ4n) is 1.86. The number of nitrogens with one attached hydrogen (secondary N) is 1. The lowest BCUT2D eigenvalue weighted by atomic mass is 9.95. The standard InChI is InChI=1S/C11H22N2O2/c1-9(8-14)13(2)11(15)6-10-4-3-5-12-7-10/h9-10,12,14H,3-8H2,1-2H3. The van der Waals surface area contributed by atoms with E-state index in [1.807, 2.05) is 6.92 Å². The Morgan fingerprint density at radius 2 is 2.40 bits per heavy atom. The number of aliphatic hydroxyl groups excluding tert-OH is 1. The van der Waals surface area contributed by atoms with Crippen LogP contribution in [0.1, 0.15) is 26.2 Å². The third kappa shape index (κ3) is 3.80. The van der Waals surface area contributed by atoms with Crippen LogP contribution >= 0.6 is 0 Å². The predicted octanol–water partition coefficient (Wildman–Crippen LogP) is 0.215. The van der Waals surface area contributed by atoms with Gasteiger partial charge >= 0.3 is 0 Å². The van der Waals surface area contributed by atoms with Crippen molar-refractivity contribution >= 4 is 5.91 Å². The molecular formula is C11H22N2O2.